The van der Waals surface area contributed by atoms with E-state index in [9.17, 15) is 14.4 Å². The van der Waals surface area contributed by atoms with Crippen LogP contribution in [0, 0.1) is 13.8 Å². The van der Waals surface area contributed by atoms with Crippen molar-refractivity contribution in [1.82, 2.24) is 19.7 Å². The van der Waals surface area contributed by atoms with Crippen LogP contribution < -0.4 is 10.2 Å². The Kier molecular flexibility index (Phi) is 5.05. The molecular formula is C16H24N4O3S. The third-order valence-corrected chi connectivity index (χ3v) is 5.98. The molecule has 24 heavy (non-hydrogen) atoms. The second-order valence-corrected chi connectivity index (χ2v) is 7.66. The van der Waals surface area contributed by atoms with Crippen LogP contribution in [0.1, 0.15) is 23.4 Å². The second kappa shape index (κ2) is 7.06. The molecule has 0 saturated carbocycles. The number of amides is 2. The highest BCUT2D eigenvalue weighted by atomic mass is 32.1. The zero-order valence-electron chi connectivity index (χ0n) is 14.2. The van der Waals surface area contributed by atoms with Crippen molar-refractivity contribution in [1.29, 1.82) is 0 Å². The molecule has 0 spiro atoms. The van der Waals surface area contributed by atoms with Gasteiger partial charge in [-0.05, 0) is 26.7 Å². The van der Waals surface area contributed by atoms with Crippen molar-refractivity contribution in [3.63, 3.8) is 0 Å². The quantitative estimate of drug-likeness (QED) is 0.828. The van der Waals surface area contributed by atoms with Crippen molar-refractivity contribution in [2.24, 2.45) is 0 Å². The molecule has 7 nitrogen and oxygen atoms in total. The molecule has 1 aromatic rings. The summed E-state index contributed by atoms with van der Waals surface area (Å²) in [6, 6.07) is 0.0966. The lowest BCUT2D eigenvalue weighted by atomic mass is 10.0. The first-order chi connectivity index (χ1) is 11.5. The summed E-state index contributed by atoms with van der Waals surface area (Å²) >= 11 is 1.18. The van der Waals surface area contributed by atoms with Gasteiger partial charge < -0.3 is 15.1 Å². The van der Waals surface area contributed by atoms with Gasteiger partial charge >= 0.3 is 4.87 Å². The Morgan fingerprint density at radius 3 is 2.75 bits per heavy atom. The van der Waals surface area contributed by atoms with Crippen molar-refractivity contribution in [2.75, 3.05) is 32.7 Å². The standard InChI is InChI=1S/C16H24N4O3S/c1-11-12(2)24-16(23)20(11)10-15(22)18-6-3-4-13(9-18)19-7-5-17-8-14(19)21/h13,17H,3-10H2,1-2H3. The van der Waals surface area contributed by atoms with E-state index in [1.54, 1.807) is 4.57 Å². The molecule has 0 aliphatic carbocycles. The first-order valence-corrected chi connectivity index (χ1v) is 9.24. The number of piperidine rings is 1. The Morgan fingerprint density at radius 1 is 1.29 bits per heavy atom. The van der Waals surface area contributed by atoms with E-state index in [1.165, 1.54) is 11.3 Å². The molecule has 2 aliphatic rings. The highest BCUT2D eigenvalue weighted by Gasteiger charge is 2.31. The molecule has 0 bridgehead atoms. The number of hydrogen-bond donors (Lipinski definition) is 1. The molecule has 132 valence electrons. The van der Waals surface area contributed by atoms with Gasteiger partial charge in [-0.15, -0.1) is 0 Å². The number of carbonyl (C=O) groups is 2. The van der Waals surface area contributed by atoms with Crippen LogP contribution in [0.3, 0.4) is 0 Å². The molecule has 1 atom stereocenters. The summed E-state index contributed by atoms with van der Waals surface area (Å²) in [5.74, 6) is 0.0753. The molecule has 2 amide bonds. The van der Waals surface area contributed by atoms with Crippen LogP contribution >= 0.6 is 11.3 Å². The molecule has 3 heterocycles. The SMILES string of the molecule is Cc1sc(=O)n(CC(=O)N2CCCC(N3CCNCC3=O)C2)c1C. The average molecular weight is 352 g/mol. The van der Waals surface area contributed by atoms with Crippen molar-refractivity contribution >= 4 is 23.2 Å². The minimum atomic E-state index is -0.0795. The lowest BCUT2D eigenvalue weighted by Crippen LogP contribution is -2.57. The van der Waals surface area contributed by atoms with E-state index < -0.39 is 0 Å². The third-order valence-electron chi connectivity index (χ3n) is 4.98. The fourth-order valence-corrected chi connectivity index (χ4v) is 4.28. The summed E-state index contributed by atoms with van der Waals surface area (Å²) in [5, 5.41) is 3.08. The molecule has 1 unspecified atom stereocenters. The van der Waals surface area contributed by atoms with Gasteiger partial charge in [0.2, 0.25) is 11.8 Å². The molecule has 8 heteroatoms. The molecule has 0 aromatic carbocycles. The number of likely N-dealkylation sites (tertiary alicyclic amines) is 1. The van der Waals surface area contributed by atoms with E-state index >= 15 is 0 Å². The Hall–Kier alpha value is -1.67. The summed E-state index contributed by atoms with van der Waals surface area (Å²) in [7, 11) is 0. The maximum absolute atomic E-state index is 12.6. The molecule has 2 aliphatic heterocycles. The number of carbonyl (C=O) groups excluding carboxylic acids is 2. The normalized spacial score (nSPS) is 22.1. The lowest BCUT2D eigenvalue weighted by Gasteiger charge is -2.41. The van der Waals surface area contributed by atoms with Crippen molar-refractivity contribution in [3.8, 4) is 0 Å². The van der Waals surface area contributed by atoms with Crippen molar-refractivity contribution in [2.45, 2.75) is 39.3 Å². The Balaban J connectivity index is 1.67. The lowest BCUT2D eigenvalue weighted by molar-refractivity contribution is -0.140. The van der Waals surface area contributed by atoms with E-state index in [-0.39, 0.29) is 29.3 Å². The van der Waals surface area contributed by atoms with Gasteiger partial charge in [0.1, 0.15) is 6.54 Å². The minimum Gasteiger partial charge on any atom is -0.339 e. The molecule has 1 N–H and O–H groups in total. The summed E-state index contributed by atoms with van der Waals surface area (Å²) in [6.45, 7) is 7.03. The zero-order chi connectivity index (χ0) is 17.3. The highest BCUT2D eigenvalue weighted by molar-refractivity contribution is 7.09. The predicted molar refractivity (Wildman–Crippen MR) is 92.2 cm³/mol. The summed E-state index contributed by atoms with van der Waals surface area (Å²) in [6.07, 6.45) is 1.83. The number of thiazole rings is 1. The number of rotatable bonds is 3. The first kappa shape index (κ1) is 17.2. The number of nitrogens with zero attached hydrogens (tertiary/aromatic N) is 3. The Morgan fingerprint density at radius 2 is 2.08 bits per heavy atom. The number of nitrogens with one attached hydrogen (secondary N) is 1. The van der Waals surface area contributed by atoms with Gasteiger partial charge in [-0.1, -0.05) is 11.3 Å². The van der Waals surface area contributed by atoms with Crippen molar-refractivity contribution in [3.05, 3.63) is 20.2 Å². The van der Waals surface area contributed by atoms with Crippen LogP contribution in [0.4, 0.5) is 0 Å². The molecule has 0 radical (unpaired) electrons. The molecule has 1 aromatic heterocycles. The van der Waals surface area contributed by atoms with E-state index in [0.717, 1.165) is 30.0 Å². The fraction of sp³-hybridized carbons (Fsp3) is 0.688. The number of piperazine rings is 1. The fourth-order valence-electron chi connectivity index (χ4n) is 3.45. The molecule has 2 fully saturated rings. The Labute approximate surface area is 145 Å². The van der Waals surface area contributed by atoms with Gasteiger partial charge in [0.05, 0.1) is 6.54 Å². The van der Waals surface area contributed by atoms with Gasteiger partial charge in [-0.25, -0.2) is 0 Å². The highest BCUT2D eigenvalue weighted by Crippen LogP contribution is 2.18. The molecule has 3 rings (SSSR count). The average Bonchev–Trinajstić information content (AvgIpc) is 2.81. The monoisotopic (exact) mass is 352 g/mol. The van der Waals surface area contributed by atoms with Gasteiger partial charge in [-0.3, -0.25) is 19.0 Å². The minimum absolute atomic E-state index is 0.0368. The molecule has 2 saturated heterocycles. The third kappa shape index (κ3) is 3.39. The van der Waals surface area contributed by atoms with Crippen LogP contribution in [0.15, 0.2) is 4.79 Å². The van der Waals surface area contributed by atoms with E-state index in [4.69, 9.17) is 0 Å². The number of aryl methyl sites for hydroxylation is 1. The van der Waals surface area contributed by atoms with Crippen LogP contribution in [-0.4, -0.2) is 64.9 Å². The van der Waals surface area contributed by atoms with Crippen LogP contribution in [0.2, 0.25) is 0 Å². The zero-order valence-corrected chi connectivity index (χ0v) is 15.0. The van der Waals surface area contributed by atoms with E-state index in [2.05, 4.69) is 5.32 Å². The molecular weight excluding hydrogens is 328 g/mol. The number of aromatic nitrogens is 1. The van der Waals surface area contributed by atoms with Gasteiger partial charge in [0.25, 0.3) is 0 Å². The van der Waals surface area contributed by atoms with Crippen LogP contribution in [0.25, 0.3) is 0 Å². The maximum atomic E-state index is 12.6. The van der Waals surface area contributed by atoms with Gasteiger partial charge in [-0.2, -0.15) is 0 Å². The predicted octanol–water partition coefficient (Wildman–Crippen LogP) is -0.0506. The van der Waals surface area contributed by atoms with Crippen LogP contribution in [-0.2, 0) is 16.1 Å². The first-order valence-electron chi connectivity index (χ1n) is 8.42. The second-order valence-electron chi connectivity index (χ2n) is 6.50. The maximum Gasteiger partial charge on any atom is 0.308 e. The van der Waals surface area contributed by atoms with E-state index in [0.29, 0.717) is 26.2 Å². The van der Waals surface area contributed by atoms with E-state index in [1.807, 2.05) is 23.6 Å². The Bertz CT molecular complexity index is 696. The van der Waals surface area contributed by atoms with Gasteiger partial charge in [0.15, 0.2) is 0 Å². The smallest absolute Gasteiger partial charge is 0.308 e. The number of hydrogen-bond acceptors (Lipinski definition) is 5. The van der Waals surface area contributed by atoms with Crippen molar-refractivity contribution < 1.29 is 9.59 Å². The van der Waals surface area contributed by atoms with Gasteiger partial charge in [0, 0.05) is 42.8 Å². The largest absolute Gasteiger partial charge is 0.339 e. The topological polar surface area (TPSA) is 74.7 Å². The van der Waals surface area contributed by atoms with Crippen LogP contribution in [0.5, 0.6) is 0 Å². The summed E-state index contributed by atoms with van der Waals surface area (Å²) < 4.78 is 1.56. The summed E-state index contributed by atoms with van der Waals surface area (Å²) in [5.41, 5.74) is 0.865. The summed E-state index contributed by atoms with van der Waals surface area (Å²) in [4.78, 5) is 41.3.